The van der Waals surface area contributed by atoms with Crippen molar-refractivity contribution in [3.05, 3.63) is 77.2 Å². The van der Waals surface area contributed by atoms with E-state index in [9.17, 15) is 14.0 Å². The molecule has 0 fully saturated rings. The number of ether oxygens (including phenoxy) is 1. The molecule has 6 heteroatoms. The lowest BCUT2D eigenvalue weighted by Crippen LogP contribution is -2.27. The number of nitrogens with one attached hydrogen (secondary N) is 1. The molecular formula is C17H14FNO4. The van der Waals surface area contributed by atoms with Gasteiger partial charge in [-0.25, -0.2) is 14.0 Å². The number of rotatable bonds is 5. The first-order valence-corrected chi connectivity index (χ1v) is 6.73. The van der Waals surface area contributed by atoms with Crippen LogP contribution in [-0.4, -0.2) is 17.2 Å². The van der Waals surface area contributed by atoms with Crippen molar-refractivity contribution in [1.29, 1.82) is 0 Å². The van der Waals surface area contributed by atoms with Gasteiger partial charge in [-0.15, -0.1) is 0 Å². The number of halogens is 1. The van der Waals surface area contributed by atoms with Gasteiger partial charge in [0.2, 0.25) is 0 Å². The monoisotopic (exact) mass is 315 g/mol. The maximum absolute atomic E-state index is 13.5. The number of amides is 1. The largest absolute Gasteiger partial charge is 0.477 e. The van der Waals surface area contributed by atoms with Gasteiger partial charge in [0, 0.05) is 5.56 Å². The molecular weight excluding hydrogens is 301 g/mol. The lowest BCUT2D eigenvalue weighted by atomic mass is 10.2. The van der Waals surface area contributed by atoms with Gasteiger partial charge in [0.1, 0.15) is 18.1 Å². The summed E-state index contributed by atoms with van der Waals surface area (Å²) < 4.78 is 18.5. The smallest absolute Gasteiger partial charge is 0.412 e. The molecule has 2 rings (SSSR count). The molecule has 0 aliphatic heterocycles. The van der Waals surface area contributed by atoms with Gasteiger partial charge < -0.3 is 9.84 Å². The van der Waals surface area contributed by atoms with Crippen molar-refractivity contribution >= 4 is 18.1 Å². The normalized spacial score (nSPS) is 10.9. The van der Waals surface area contributed by atoms with Gasteiger partial charge in [0.05, 0.1) is 0 Å². The first kappa shape index (κ1) is 16.2. The Morgan fingerprint density at radius 2 is 1.74 bits per heavy atom. The van der Waals surface area contributed by atoms with Gasteiger partial charge in [-0.05, 0) is 17.7 Å². The van der Waals surface area contributed by atoms with Crippen LogP contribution in [0, 0.1) is 5.82 Å². The molecule has 118 valence electrons. The molecule has 2 aromatic rings. The van der Waals surface area contributed by atoms with Crippen LogP contribution in [0.1, 0.15) is 11.1 Å². The van der Waals surface area contributed by atoms with Gasteiger partial charge in [0.15, 0.2) is 0 Å². The molecule has 23 heavy (non-hydrogen) atoms. The Bertz CT molecular complexity index is 728. The van der Waals surface area contributed by atoms with Gasteiger partial charge in [0.25, 0.3) is 0 Å². The molecule has 0 saturated carbocycles. The molecule has 2 aromatic carbocycles. The van der Waals surface area contributed by atoms with E-state index in [1.807, 2.05) is 6.07 Å². The van der Waals surface area contributed by atoms with Gasteiger partial charge in [-0.2, -0.15) is 0 Å². The predicted molar refractivity (Wildman–Crippen MR) is 81.8 cm³/mol. The van der Waals surface area contributed by atoms with E-state index in [1.165, 1.54) is 18.2 Å². The van der Waals surface area contributed by atoms with Crippen LogP contribution in [0.3, 0.4) is 0 Å². The zero-order valence-electron chi connectivity index (χ0n) is 12.0. The first-order valence-electron chi connectivity index (χ1n) is 6.73. The minimum Gasteiger partial charge on any atom is -0.477 e. The average molecular weight is 315 g/mol. The molecule has 0 saturated heterocycles. The van der Waals surface area contributed by atoms with Gasteiger partial charge >= 0.3 is 12.1 Å². The molecule has 0 spiro atoms. The zero-order valence-corrected chi connectivity index (χ0v) is 12.0. The van der Waals surface area contributed by atoms with E-state index in [4.69, 9.17) is 9.84 Å². The third kappa shape index (κ3) is 4.96. The predicted octanol–water partition coefficient (Wildman–Crippen LogP) is 3.18. The van der Waals surface area contributed by atoms with Crippen LogP contribution in [0.2, 0.25) is 0 Å². The number of hydrogen-bond donors (Lipinski definition) is 2. The summed E-state index contributed by atoms with van der Waals surface area (Å²) in [5, 5.41) is 11.2. The Kier molecular flexibility index (Phi) is 5.46. The number of hydrogen-bond acceptors (Lipinski definition) is 3. The first-order chi connectivity index (χ1) is 11.1. The fraction of sp³-hybridized carbons (Fsp3) is 0.0588. The van der Waals surface area contributed by atoms with E-state index in [1.54, 1.807) is 30.3 Å². The Morgan fingerprint density at radius 3 is 2.39 bits per heavy atom. The highest BCUT2D eigenvalue weighted by Crippen LogP contribution is 2.11. The summed E-state index contributed by atoms with van der Waals surface area (Å²) in [5.41, 5.74) is 0.332. The SMILES string of the molecule is O=C(N/C(=C\c1ccccc1F)C(=O)O)OCc1ccccc1. The van der Waals surface area contributed by atoms with E-state index in [0.29, 0.717) is 0 Å². The van der Waals surface area contributed by atoms with Crippen molar-refractivity contribution in [1.82, 2.24) is 5.32 Å². The summed E-state index contributed by atoms with van der Waals surface area (Å²) in [6.07, 6.45) is 0.0976. The lowest BCUT2D eigenvalue weighted by molar-refractivity contribution is -0.132. The van der Waals surface area contributed by atoms with Crippen molar-refractivity contribution < 1.29 is 23.8 Å². The highest BCUT2D eigenvalue weighted by Gasteiger charge is 2.13. The number of alkyl carbamates (subject to hydrolysis) is 1. The number of aliphatic carboxylic acids is 1. The third-order valence-corrected chi connectivity index (χ3v) is 2.88. The fourth-order valence-electron chi connectivity index (χ4n) is 1.77. The number of carbonyl (C=O) groups excluding carboxylic acids is 1. The van der Waals surface area contributed by atoms with Crippen molar-refractivity contribution in [2.24, 2.45) is 0 Å². The van der Waals surface area contributed by atoms with Crippen LogP contribution in [0.25, 0.3) is 6.08 Å². The second-order valence-corrected chi connectivity index (χ2v) is 4.57. The number of carboxylic acids is 1. The maximum Gasteiger partial charge on any atom is 0.412 e. The molecule has 0 radical (unpaired) electrons. The van der Waals surface area contributed by atoms with Crippen molar-refractivity contribution in [2.45, 2.75) is 6.61 Å². The van der Waals surface area contributed by atoms with Crippen LogP contribution in [0.5, 0.6) is 0 Å². The molecule has 2 N–H and O–H groups in total. The van der Waals surface area contributed by atoms with Crippen LogP contribution < -0.4 is 5.32 Å². The van der Waals surface area contributed by atoms with Crippen molar-refractivity contribution in [3.8, 4) is 0 Å². The van der Waals surface area contributed by atoms with Gasteiger partial charge in [-0.3, -0.25) is 5.32 Å². The molecule has 0 atom stereocenters. The van der Waals surface area contributed by atoms with E-state index in [2.05, 4.69) is 5.32 Å². The quantitative estimate of drug-likeness (QED) is 0.831. The number of carboxylic acid groups (broad SMARTS) is 1. The summed E-state index contributed by atoms with van der Waals surface area (Å²) in [5.74, 6) is -1.99. The Balaban J connectivity index is 2.03. The van der Waals surface area contributed by atoms with Crippen LogP contribution in [0.4, 0.5) is 9.18 Å². The number of carbonyl (C=O) groups is 2. The molecule has 0 aromatic heterocycles. The standard InChI is InChI=1S/C17H14FNO4/c18-14-9-5-4-8-13(14)10-15(16(20)21)19-17(22)23-11-12-6-2-1-3-7-12/h1-10H,11H2,(H,19,22)(H,20,21)/b15-10-. The number of benzene rings is 2. The molecule has 1 amide bonds. The maximum atomic E-state index is 13.5. The third-order valence-electron chi connectivity index (χ3n) is 2.88. The van der Waals surface area contributed by atoms with Crippen molar-refractivity contribution in [2.75, 3.05) is 0 Å². The fourth-order valence-corrected chi connectivity index (χ4v) is 1.77. The molecule has 0 unspecified atom stereocenters. The second-order valence-electron chi connectivity index (χ2n) is 4.57. The highest BCUT2D eigenvalue weighted by atomic mass is 19.1. The second kappa shape index (κ2) is 7.74. The van der Waals surface area contributed by atoms with E-state index in [0.717, 1.165) is 11.6 Å². The van der Waals surface area contributed by atoms with Crippen LogP contribution in [-0.2, 0) is 16.1 Å². The lowest BCUT2D eigenvalue weighted by Gasteiger charge is -2.08. The van der Waals surface area contributed by atoms with Crippen molar-refractivity contribution in [3.63, 3.8) is 0 Å². The molecule has 0 heterocycles. The van der Waals surface area contributed by atoms with Gasteiger partial charge in [-0.1, -0.05) is 48.5 Å². The molecule has 0 aliphatic rings. The van der Waals surface area contributed by atoms with Crippen LogP contribution in [0.15, 0.2) is 60.3 Å². The molecule has 5 nitrogen and oxygen atoms in total. The molecule has 0 bridgehead atoms. The Morgan fingerprint density at radius 1 is 1.09 bits per heavy atom. The Hall–Kier alpha value is -3.15. The van der Waals surface area contributed by atoms with Crippen LogP contribution >= 0.6 is 0 Å². The zero-order chi connectivity index (χ0) is 16.7. The van der Waals surface area contributed by atoms with E-state index >= 15 is 0 Å². The minimum atomic E-state index is -1.40. The minimum absolute atomic E-state index is 0.000724. The van der Waals surface area contributed by atoms with E-state index in [-0.39, 0.29) is 12.2 Å². The summed E-state index contributed by atoms with van der Waals surface area (Å²) in [6, 6.07) is 14.6. The summed E-state index contributed by atoms with van der Waals surface area (Å²) in [4.78, 5) is 22.8. The Labute approximate surface area is 132 Å². The summed E-state index contributed by atoms with van der Waals surface area (Å²) in [7, 11) is 0. The topological polar surface area (TPSA) is 75.6 Å². The summed E-state index contributed by atoms with van der Waals surface area (Å²) in [6.45, 7) is -0.000724. The molecule has 0 aliphatic carbocycles. The summed E-state index contributed by atoms with van der Waals surface area (Å²) >= 11 is 0. The average Bonchev–Trinajstić information content (AvgIpc) is 2.55. The van der Waals surface area contributed by atoms with E-state index < -0.39 is 23.6 Å². The highest BCUT2D eigenvalue weighted by molar-refractivity contribution is 5.95.